The number of methoxy groups -OCH3 is 1. The quantitative estimate of drug-likeness (QED) is 0.784. The average molecular weight is 412 g/mol. The number of likely N-dealkylation sites (tertiary alicyclic amines) is 1. The van der Waals surface area contributed by atoms with E-state index in [9.17, 15) is 9.59 Å². The van der Waals surface area contributed by atoms with Crippen molar-refractivity contribution in [1.82, 2.24) is 15.2 Å². The number of anilines is 1. The first-order valence-electron chi connectivity index (χ1n) is 10.9. The molecule has 1 spiro atoms. The number of oxazole rings is 1. The SMILES string of the molecule is COC1CCN(C(=O)c2nc3cc(C)c4c(c3o2)C2(CCCCC2)NC(=O)N4)CC1. The molecule has 8 heteroatoms. The van der Waals surface area contributed by atoms with Gasteiger partial charge in [-0.25, -0.2) is 9.78 Å². The van der Waals surface area contributed by atoms with E-state index in [1.807, 2.05) is 13.0 Å². The van der Waals surface area contributed by atoms with E-state index >= 15 is 0 Å². The van der Waals surface area contributed by atoms with Crippen molar-refractivity contribution in [3.63, 3.8) is 0 Å². The van der Waals surface area contributed by atoms with Crippen LogP contribution in [0.1, 0.15) is 66.8 Å². The number of rotatable bonds is 2. The Balaban J connectivity index is 1.56. The van der Waals surface area contributed by atoms with Crippen LogP contribution in [0.3, 0.4) is 0 Å². The summed E-state index contributed by atoms with van der Waals surface area (Å²) < 4.78 is 11.5. The first kappa shape index (κ1) is 19.4. The number of fused-ring (bicyclic) bond motifs is 4. The molecule has 2 aliphatic heterocycles. The Bertz CT molecular complexity index is 1000. The third kappa shape index (κ3) is 3.05. The van der Waals surface area contributed by atoms with Crippen molar-refractivity contribution < 1.29 is 18.7 Å². The molecule has 0 atom stereocenters. The topological polar surface area (TPSA) is 96.7 Å². The molecule has 2 aromatic rings. The van der Waals surface area contributed by atoms with Crippen LogP contribution < -0.4 is 10.6 Å². The second-order valence-electron chi connectivity index (χ2n) is 8.76. The minimum atomic E-state index is -0.461. The lowest BCUT2D eigenvalue weighted by Gasteiger charge is -2.42. The number of amides is 3. The molecule has 2 fully saturated rings. The van der Waals surface area contributed by atoms with Gasteiger partial charge in [-0.05, 0) is 44.2 Å². The number of hydrogen-bond donors (Lipinski definition) is 2. The molecule has 1 saturated carbocycles. The number of hydrogen-bond acceptors (Lipinski definition) is 5. The molecule has 30 heavy (non-hydrogen) atoms. The van der Waals surface area contributed by atoms with Crippen molar-refractivity contribution in [2.24, 2.45) is 0 Å². The number of carbonyl (C=O) groups is 2. The van der Waals surface area contributed by atoms with Crippen molar-refractivity contribution in [2.75, 3.05) is 25.5 Å². The van der Waals surface area contributed by atoms with Crippen LogP contribution in [-0.2, 0) is 10.3 Å². The van der Waals surface area contributed by atoms with E-state index in [2.05, 4.69) is 15.6 Å². The summed E-state index contributed by atoms with van der Waals surface area (Å²) >= 11 is 0. The van der Waals surface area contributed by atoms with E-state index in [0.717, 1.165) is 61.8 Å². The van der Waals surface area contributed by atoms with Gasteiger partial charge in [0.1, 0.15) is 5.52 Å². The van der Waals surface area contributed by atoms with E-state index in [0.29, 0.717) is 24.2 Å². The van der Waals surface area contributed by atoms with Crippen molar-refractivity contribution in [3.05, 3.63) is 23.1 Å². The molecule has 0 bridgehead atoms. The van der Waals surface area contributed by atoms with Crippen LogP contribution in [-0.4, -0.2) is 48.1 Å². The summed E-state index contributed by atoms with van der Waals surface area (Å²) in [5, 5.41) is 6.13. The number of urea groups is 1. The van der Waals surface area contributed by atoms with E-state index in [1.54, 1.807) is 12.0 Å². The van der Waals surface area contributed by atoms with Gasteiger partial charge in [0.15, 0.2) is 5.58 Å². The van der Waals surface area contributed by atoms with Crippen molar-refractivity contribution in [3.8, 4) is 0 Å². The molecule has 3 heterocycles. The Labute approximate surface area is 175 Å². The second-order valence-corrected chi connectivity index (χ2v) is 8.76. The molecule has 5 rings (SSSR count). The lowest BCUT2D eigenvalue weighted by Crippen LogP contribution is -2.52. The van der Waals surface area contributed by atoms with Gasteiger partial charge in [0.05, 0.1) is 17.3 Å². The minimum absolute atomic E-state index is 0.122. The van der Waals surface area contributed by atoms with Crippen LogP contribution in [0, 0.1) is 6.92 Å². The van der Waals surface area contributed by atoms with Gasteiger partial charge in [-0.2, -0.15) is 0 Å². The average Bonchev–Trinajstić information content (AvgIpc) is 3.17. The Morgan fingerprint density at radius 2 is 2.00 bits per heavy atom. The number of nitrogens with one attached hydrogen (secondary N) is 2. The van der Waals surface area contributed by atoms with E-state index in [-0.39, 0.29) is 23.9 Å². The van der Waals surface area contributed by atoms with Crippen molar-refractivity contribution in [1.29, 1.82) is 0 Å². The number of carbonyl (C=O) groups excluding carboxylic acids is 2. The van der Waals surface area contributed by atoms with Crippen LogP contribution in [0.5, 0.6) is 0 Å². The van der Waals surface area contributed by atoms with Crippen LogP contribution in [0.2, 0.25) is 0 Å². The van der Waals surface area contributed by atoms with Crippen LogP contribution >= 0.6 is 0 Å². The van der Waals surface area contributed by atoms with Crippen LogP contribution in [0.15, 0.2) is 10.5 Å². The number of benzene rings is 1. The first-order chi connectivity index (χ1) is 14.5. The first-order valence-corrected chi connectivity index (χ1v) is 10.9. The van der Waals surface area contributed by atoms with Crippen molar-refractivity contribution >= 4 is 28.7 Å². The maximum Gasteiger partial charge on any atom is 0.319 e. The highest BCUT2D eigenvalue weighted by molar-refractivity contribution is 6.01. The minimum Gasteiger partial charge on any atom is -0.432 e. The van der Waals surface area contributed by atoms with Gasteiger partial charge in [-0.3, -0.25) is 4.79 Å². The van der Waals surface area contributed by atoms with Gasteiger partial charge in [-0.1, -0.05) is 19.3 Å². The molecular formula is C22H28N4O4. The summed E-state index contributed by atoms with van der Waals surface area (Å²) in [6.07, 6.45) is 6.81. The summed E-state index contributed by atoms with van der Waals surface area (Å²) in [6.45, 7) is 3.23. The molecule has 0 unspecified atom stereocenters. The number of aromatic nitrogens is 1. The Kier molecular flexibility index (Phi) is 4.69. The predicted molar refractivity (Wildman–Crippen MR) is 112 cm³/mol. The summed E-state index contributed by atoms with van der Waals surface area (Å²) in [6, 6.07) is 1.72. The van der Waals surface area contributed by atoms with Crippen molar-refractivity contribution in [2.45, 2.75) is 63.5 Å². The van der Waals surface area contributed by atoms with E-state index in [4.69, 9.17) is 9.15 Å². The van der Waals surface area contributed by atoms with Gasteiger partial charge < -0.3 is 24.7 Å². The van der Waals surface area contributed by atoms with E-state index in [1.165, 1.54) is 0 Å². The maximum atomic E-state index is 13.1. The Morgan fingerprint density at radius 3 is 2.70 bits per heavy atom. The molecule has 3 amide bonds. The Hall–Kier alpha value is -2.61. The molecule has 1 aromatic carbocycles. The van der Waals surface area contributed by atoms with E-state index < -0.39 is 5.54 Å². The maximum absolute atomic E-state index is 13.1. The molecule has 1 aromatic heterocycles. The second kappa shape index (κ2) is 7.27. The van der Waals surface area contributed by atoms with Gasteiger partial charge in [0.2, 0.25) is 0 Å². The number of nitrogens with zero attached hydrogens (tertiary/aromatic N) is 2. The summed E-state index contributed by atoms with van der Waals surface area (Å²) in [5.74, 6) is -0.0609. The number of ether oxygens (including phenoxy) is 1. The van der Waals surface area contributed by atoms with Gasteiger partial charge in [0, 0.05) is 25.8 Å². The molecule has 3 aliphatic rings. The fourth-order valence-corrected chi connectivity index (χ4v) is 5.29. The largest absolute Gasteiger partial charge is 0.432 e. The van der Waals surface area contributed by atoms with Gasteiger partial charge >= 0.3 is 11.9 Å². The summed E-state index contributed by atoms with van der Waals surface area (Å²) in [5.41, 5.74) is 3.50. The lowest BCUT2D eigenvalue weighted by molar-refractivity contribution is 0.0331. The molecular weight excluding hydrogens is 384 g/mol. The normalized spacial score (nSPS) is 21.4. The fourth-order valence-electron chi connectivity index (χ4n) is 5.29. The molecule has 1 aliphatic carbocycles. The molecule has 1 saturated heterocycles. The zero-order valence-electron chi connectivity index (χ0n) is 17.5. The molecule has 160 valence electrons. The summed E-state index contributed by atoms with van der Waals surface area (Å²) in [7, 11) is 1.71. The fraction of sp³-hybridized carbons (Fsp3) is 0.591. The highest BCUT2D eigenvalue weighted by atomic mass is 16.5. The zero-order valence-corrected chi connectivity index (χ0v) is 17.5. The summed E-state index contributed by atoms with van der Waals surface area (Å²) in [4.78, 5) is 31.9. The standard InChI is InChI=1S/C22H28N4O4/c1-13-12-15-18(16-17(13)24-21(28)25-22(16)8-4-3-5-9-22)30-19(23-15)20(27)26-10-6-14(29-2)7-11-26/h12,14H,3-11H2,1-2H3,(H2,24,25,28). The third-order valence-corrected chi connectivity index (χ3v) is 6.90. The van der Waals surface area contributed by atoms with Gasteiger partial charge in [0.25, 0.3) is 5.89 Å². The monoisotopic (exact) mass is 412 g/mol. The number of aryl methyl sites for hydroxylation is 1. The molecule has 0 radical (unpaired) electrons. The van der Waals surface area contributed by atoms with Gasteiger partial charge in [-0.15, -0.1) is 0 Å². The lowest BCUT2D eigenvalue weighted by atomic mass is 9.74. The van der Waals surface area contributed by atoms with Crippen LogP contribution in [0.25, 0.3) is 11.1 Å². The predicted octanol–water partition coefficient (Wildman–Crippen LogP) is 3.68. The Morgan fingerprint density at radius 1 is 1.27 bits per heavy atom. The molecule has 8 nitrogen and oxygen atoms in total. The smallest absolute Gasteiger partial charge is 0.319 e. The zero-order chi connectivity index (χ0) is 20.9. The third-order valence-electron chi connectivity index (χ3n) is 6.90. The number of piperidine rings is 1. The van der Waals surface area contributed by atoms with Crippen LogP contribution in [0.4, 0.5) is 10.5 Å². The highest BCUT2D eigenvalue weighted by Crippen LogP contribution is 2.47. The highest BCUT2D eigenvalue weighted by Gasteiger charge is 2.44. The molecule has 2 N–H and O–H groups in total.